The summed E-state index contributed by atoms with van der Waals surface area (Å²) in [5, 5.41) is 3.15. The molecule has 3 nitrogen and oxygen atoms in total. The number of carbonyl (C=O) groups excluding carboxylic acids is 1. The van der Waals surface area contributed by atoms with Crippen LogP contribution in [0.15, 0.2) is 0 Å². The van der Waals surface area contributed by atoms with Crippen LogP contribution < -0.4 is 11.1 Å². The number of nitrogens with one attached hydrogen (secondary N) is 1. The van der Waals surface area contributed by atoms with Crippen LogP contribution in [0.2, 0.25) is 0 Å². The minimum atomic E-state index is 0.217. The summed E-state index contributed by atoms with van der Waals surface area (Å²) in [5.41, 5.74) is 5.97. The highest BCUT2D eigenvalue weighted by molar-refractivity contribution is 5.76. The highest BCUT2D eigenvalue weighted by Crippen LogP contribution is 2.26. The fraction of sp³-hybridized carbons (Fsp3) is 0.933. The first-order valence-corrected chi connectivity index (χ1v) is 7.57. The first-order chi connectivity index (χ1) is 8.52. The summed E-state index contributed by atoms with van der Waals surface area (Å²) < 4.78 is 0. The van der Waals surface area contributed by atoms with Gasteiger partial charge in [-0.15, -0.1) is 0 Å². The summed E-state index contributed by atoms with van der Waals surface area (Å²) in [4.78, 5) is 11.9. The van der Waals surface area contributed by atoms with Gasteiger partial charge in [0, 0.05) is 18.5 Å². The van der Waals surface area contributed by atoms with Gasteiger partial charge in [-0.25, -0.2) is 0 Å². The predicted molar refractivity (Wildman–Crippen MR) is 76.2 cm³/mol. The van der Waals surface area contributed by atoms with Crippen LogP contribution in [0.1, 0.15) is 65.7 Å². The van der Waals surface area contributed by atoms with Crippen LogP contribution in [0.25, 0.3) is 0 Å². The predicted octanol–water partition coefficient (Wildman–Crippen LogP) is 2.83. The second-order valence-electron chi connectivity index (χ2n) is 6.16. The summed E-state index contributed by atoms with van der Waals surface area (Å²) in [6.07, 6.45) is 7.44. The molecule has 0 radical (unpaired) electrons. The normalized spacial score (nSPS) is 26.1. The fourth-order valence-corrected chi connectivity index (χ4v) is 2.95. The number of rotatable bonds is 6. The van der Waals surface area contributed by atoms with Crippen molar-refractivity contribution in [2.75, 3.05) is 0 Å². The Bertz CT molecular complexity index is 253. The lowest BCUT2D eigenvalue weighted by molar-refractivity contribution is -0.122. The molecule has 0 saturated heterocycles. The standard InChI is InChI=1S/C15H30N2O/c1-4-14(11(2)3)17-15(18)9-8-12-6-5-7-13(16)10-12/h11-14H,4-10,16H2,1-3H3,(H,17,18). The molecule has 0 aromatic rings. The van der Waals surface area contributed by atoms with Crippen molar-refractivity contribution in [3.05, 3.63) is 0 Å². The summed E-state index contributed by atoms with van der Waals surface area (Å²) in [7, 11) is 0. The second-order valence-corrected chi connectivity index (χ2v) is 6.16. The average molecular weight is 254 g/mol. The van der Waals surface area contributed by atoms with Gasteiger partial charge in [-0.1, -0.05) is 33.6 Å². The Labute approximate surface area is 112 Å². The molecular weight excluding hydrogens is 224 g/mol. The Kier molecular flexibility index (Phi) is 6.69. The van der Waals surface area contributed by atoms with Crippen LogP contribution in [0.4, 0.5) is 0 Å². The van der Waals surface area contributed by atoms with E-state index in [-0.39, 0.29) is 5.91 Å². The van der Waals surface area contributed by atoms with Crippen molar-refractivity contribution in [3.63, 3.8) is 0 Å². The lowest BCUT2D eigenvalue weighted by Gasteiger charge is -2.27. The summed E-state index contributed by atoms with van der Waals surface area (Å²) in [6.45, 7) is 6.45. The van der Waals surface area contributed by atoms with Crippen LogP contribution in [0.3, 0.4) is 0 Å². The molecule has 0 heterocycles. The molecule has 3 heteroatoms. The maximum absolute atomic E-state index is 11.9. The molecule has 3 atom stereocenters. The largest absolute Gasteiger partial charge is 0.353 e. The zero-order chi connectivity index (χ0) is 13.5. The number of carbonyl (C=O) groups is 1. The van der Waals surface area contributed by atoms with Crippen molar-refractivity contribution >= 4 is 5.91 Å². The van der Waals surface area contributed by atoms with Crippen molar-refractivity contribution in [2.24, 2.45) is 17.6 Å². The Balaban J connectivity index is 2.23. The number of nitrogens with two attached hydrogens (primary N) is 1. The van der Waals surface area contributed by atoms with E-state index in [1.165, 1.54) is 12.8 Å². The van der Waals surface area contributed by atoms with E-state index in [1.54, 1.807) is 0 Å². The van der Waals surface area contributed by atoms with Gasteiger partial charge in [-0.2, -0.15) is 0 Å². The van der Waals surface area contributed by atoms with Crippen molar-refractivity contribution < 1.29 is 4.79 Å². The lowest BCUT2D eigenvalue weighted by Crippen LogP contribution is -2.38. The zero-order valence-corrected chi connectivity index (χ0v) is 12.2. The number of hydrogen-bond acceptors (Lipinski definition) is 2. The topological polar surface area (TPSA) is 55.1 Å². The van der Waals surface area contributed by atoms with Crippen LogP contribution in [-0.4, -0.2) is 18.0 Å². The van der Waals surface area contributed by atoms with Gasteiger partial charge in [0.25, 0.3) is 0 Å². The molecule has 0 bridgehead atoms. The smallest absolute Gasteiger partial charge is 0.220 e. The molecule has 1 saturated carbocycles. The molecule has 0 aromatic heterocycles. The van der Waals surface area contributed by atoms with Crippen molar-refractivity contribution in [1.29, 1.82) is 0 Å². The molecule has 1 fully saturated rings. The highest BCUT2D eigenvalue weighted by atomic mass is 16.1. The van der Waals surface area contributed by atoms with E-state index in [0.717, 1.165) is 25.7 Å². The van der Waals surface area contributed by atoms with Gasteiger partial charge in [0.15, 0.2) is 0 Å². The van der Waals surface area contributed by atoms with Crippen molar-refractivity contribution in [1.82, 2.24) is 5.32 Å². The molecule has 0 spiro atoms. The molecule has 1 amide bonds. The van der Waals surface area contributed by atoms with Crippen LogP contribution in [0, 0.1) is 11.8 Å². The maximum Gasteiger partial charge on any atom is 0.220 e. The van der Waals surface area contributed by atoms with Gasteiger partial charge in [-0.3, -0.25) is 4.79 Å². The minimum Gasteiger partial charge on any atom is -0.353 e. The summed E-state index contributed by atoms with van der Waals surface area (Å²) in [5.74, 6) is 1.40. The van der Waals surface area contributed by atoms with E-state index in [1.807, 2.05) is 0 Å². The monoisotopic (exact) mass is 254 g/mol. The fourth-order valence-electron chi connectivity index (χ4n) is 2.95. The van der Waals surface area contributed by atoms with E-state index in [9.17, 15) is 4.79 Å². The Morgan fingerprint density at radius 2 is 2.11 bits per heavy atom. The molecule has 18 heavy (non-hydrogen) atoms. The molecule has 3 unspecified atom stereocenters. The zero-order valence-electron chi connectivity index (χ0n) is 12.2. The van der Waals surface area contributed by atoms with Gasteiger partial charge in [0.1, 0.15) is 0 Å². The second kappa shape index (κ2) is 7.78. The SMILES string of the molecule is CCC(NC(=O)CCC1CCCC(N)C1)C(C)C. The summed E-state index contributed by atoms with van der Waals surface area (Å²) >= 11 is 0. The molecule has 106 valence electrons. The molecule has 1 aliphatic rings. The van der Waals surface area contributed by atoms with Gasteiger partial charge in [-0.05, 0) is 37.5 Å². The molecule has 0 aromatic carbocycles. The Morgan fingerprint density at radius 1 is 1.39 bits per heavy atom. The first-order valence-electron chi connectivity index (χ1n) is 7.57. The lowest BCUT2D eigenvalue weighted by atomic mass is 9.83. The number of amides is 1. The Morgan fingerprint density at radius 3 is 2.67 bits per heavy atom. The quantitative estimate of drug-likeness (QED) is 0.766. The van der Waals surface area contributed by atoms with Crippen molar-refractivity contribution in [2.45, 2.75) is 77.8 Å². The van der Waals surface area contributed by atoms with Crippen molar-refractivity contribution in [3.8, 4) is 0 Å². The third kappa shape index (κ3) is 5.38. The van der Waals surface area contributed by atoms with Crippen LogP contribution in [-0.2, 0) is 4.79 Å². The maximum atomic E-state index is 11.9. The molecule has 3 N–H and O–H groups in total. The molecular formula is C15H30N2O. The van der Waals surface area contributed by atoms with E-state index in [0.29, 0.717) is 30.3 Å². The van der Waals surface area contributed by atoms with Crippen LogP contribution in [0.5, 0.6) is 0 Å². The van der Waals surface area contributed by atoms with Gasteiger partial charge >= 0.3 is 0 Å². The number of hydrogen-bond donors (Lipinski definition) is 2. The van der Waals surface area contributed by atoms with Gasteiger partial charge in [0.2, 0.25) is 5.91 Å². The average Bonchev–Trinajstić information content (AvgIpc) is 2.33. The molecule has 1 rings (SSSR count). The first kappa shape index (κ1) is 15.5. The van der Waals surface area contributed by atoms with Gasteiger partial charge in [0.05, 0.1) is 0 Å². The Hall–Kier alpha value is -0.570. The summed E-state index contributed by atoms with van der Waals surface area (Å²) in [6, 6.07) is 0.692. The van der Waals surface area contributed by atoms with Gasteiger partial charge < -0.3 is 11.1 Å². The van der Waals surface area contributed by atoms with E-state index >= 15 is 0 Å². The minimum absolute atomic E-state index is 0.217. The van der Waals surface area contributed by atoms with E-state index < -0.39 is 0 Å². The highest BCUT2D eigenvalue weighted by Gasteiger charge is 2.20. The van der Waals surface area contributed by atoms with E-state index in [4.69, 9.17) is 5.73 Å². The van der Waals surface area contributed by atoms with E-state index in [2.05, 4.69) is 26.1 Å². The third-order valence-electron chi connectivity index (χ3n) is 4.19. The van der Waals surface area contributed by atoms with Crippen LogP contribution >= 0.6 is 0 Å². The molecule has 1 aliphatic carbocycles. The third-order valence-corrected chi connectivity index (χ3v) is 4.19. The molecule has 0 aliphatic heterocycles.